The molecule has 0 aliphatic carbocycles. The van der Waals surface area contributed by atoms with Crippen molar-refractivity contribution in [3.8, 4) is 0 Å². The molecule has 0 radical (unpaired) electrons. The Balaban J connectivity index is 2.41. The molecule has 0 bridgehead atoms. The SMILES string of the molecule is CN(Cc1ccsc1)C(=O)CCN. The minimum absolute atomic E-state index is 0.105. The third kappa shape index (κ3) is 3.16. The third-order valence-corrected chi connectivity index (χ3v) is 2.52. The molecule has 4 heteroatoms. The maximum atomic E-state index is 11.3. The summed E-state index contributed by atoms with van der Waals surface area (Å²) in [4.78, 5) is 13.0. The highest BCUT2D eigenvalue weighted by Crippen LogP contribution is 2.08. The molecule has 13 heavy (non-hydrogen) atoms. The van der Waals surface area contributed by atoms with E-state index in [1.165, 1.54) is 5.56 Å². The van der Waals surface area contributed by atoms with Gasteiger partial charge in [-0.2, -0.15) is 11.3 Å². The lowest BCUT2D eigenvalue weighted by Crippen LogP contribution is -2.27. The van der Waals surface area contributed by atoms with Crippen molar-refractivity contribution >= 4 is 17.2 Å². The Bertz CT molecular complexity index is 259. The molecule has 0 atom stereocenters. The number of carbonyl (C=O) groups is 1. The highest BCUT2D eigenvalue weighted by atomic mass is 32.1. The van der Waals surface area contributed by atoms with Gasteiger partial charge in [0.25, 0.3) is 0 Å². The zero-order valence-electron chi connectivity index (χ0n) is 7.69. The van der Waals surface area contributed by atoms with Gasteiger partial charge in [-0.1, -0.05) is 0 Å². The summed E-state index contributed by atoms with van der Waals surface area (Å²) in [5, 5.41) is 4.06. The van der Waals surface area contributed by atoms with Gasteiger partial charge in [0.05, 0.1) is 0 Å². The Morgan fingerprint density at radius 3 is 3.00 bits per heavy atom. The van der Waals surface area contributed by atoms with Gasteiger partial charge in [0.2, 0.25) is 5.91 Å². The molecule has 2 N–H and O–H groups in total. The number of thiophene rings is 1. The van der Waals surface area contributed by atoms with Crippen LogP contribution < -0.4 is 5.73 Å². The van der Waals surface area contributed by atoms with E-state index in [0.717, 1.165) is 0 Å². The van der Waals surface area contributed by atoms with Crippen LogP contribution in [-0.2, 0) is 11.3 Å². The quantitative estimate of drug-likeness (QED) is 0.786. The van der Waals surface area contributed by atoms with Crippen molar-refractivity contribution in [3.05, 3.63) is 22.4 Å². The highest BCUT2D eigenvalue weighted by molar-refractivity contribution is 7.07. The second-order valence-electron chi connectivity index (χ2n) is 2.92. The summed E-state index contributed by atoms with van der Waals surface area (Å²) in [5.74, 6) is 0.105. The normalized spacial score (nSPS) is 10.0. The Morgan fingerprint density at radius 2 is 2.46 bits per heavy atom. The molecule has 1 heterocycles. The van der Waals surface area contributed by atoms with Crippen LogP contribution in [0, 0.1) is 0 Å². The summed E-state index contributed by atoms with van der Waals surface area (Å²) in [6.07, 6.45) is 0.431. The third-order valence-electron chi connectivity index (χ3n) is 1.78. The molecule has 0 unspecified atom stereocenters. The molecule has 0 aliphatic heterocycles. The monoisotopic (exact) mass is 198 g/mol. The fourth-order valence-corrected chi connectivity index (χ4v) is 1.72. The van der Waals surface area contributed by atoms with Gasteiger partial charge in [0.1, 0.15) is 0 Å². The van der Waals surface area contributed by atoms with Crippen LogP contribution in [0.2, 0.25) is 0 Å². The standard InChI is InChI=1S/C9H14N2OS/c1-11(9(12)2-4-10)6-8-3-5-13-7-8/h3,5,7H,2,4,6,10H2,1H3. The predicted molar refractivity (Wildman–Crippen MR) is 54.5 cm³/mol. The number of rotatable bonds is 4. The number of nitrogens with zero attached hydrogens (tertiary/aromatic N) is 1. The largest absolute Gasteiger partial charge is 0.341 e. The maximum Gasteiger partial charge on any atom is 0.223 e. The van der Waals surface area contributed by atoms with Gasteiger partial charge in [-0.15, -0.1) is 0 Å². The number of nitrogens with two attached hydrogens (primary N) is 1. The molecule has 0 aromatic carbocycles. The highest BCUT2D eigenvalue weighted by Gasteiger charge is 2.07. The first kappa shape index (κ1) is 10.2. The van der Waals surface area contributed by atoms with Crippen molar-refractivity contribution in [1.82, 2.24) is 4.90 Å². The van der Waals surface area contributed by atoms with Gasteiger partial charge < -0.3 is 10.6 Å². The van der Waals surface area contributed by atoms with Gasteiger partial charge in [-0.3, -0.25) is 4.79 Å². The molecule has 0 saturated carbocycles. The fourth-order valence-electron chi connectivity index (χ4n) is 1.06. The summed E-state index contributed by atoms with van der Waals surface area (Å²) in [7, 11) is 1.80. The van der Waals surface area contributed by atoms with Crippen molar-refractivity contribution < 1.29 is 4.79 Å². The summed E-state index contributed by atoms with van der Waals surface area (Å²) >= 11 is 1.64. The van der Waals surface area contributed by atoms with Crippen LogP contribution in [0.5, 0.6) is 0 Å². The molecule has 0 fully saturated rings. The molecular formula is C9H14N2OS. The van der Waals surface area contributed by atoms with E-state index in [2.05, 4.69) is 0 Å². The summed E-state index contributed by atoms with van der Waals surface area (Å²) in [6, 6.07) is 2.02. The van der Waals surface area contributed by atoms with Crippen LogP contribution in [0.3, 0.4) is 0 Å². The molecule has 0 aliphatic rings. The Labute approximate surface area is 82.2 Å². The summed E-state index contributed by atoms with van der Waals surface area (Å²) in [6.45, 7) is 1.11. The molecule has 3 nitrogen and oxygen atoms in total. The Morgan fingerprint density at radius 1 is 1.69 bits per heavy atom. The van der Waals surface area contributed by atoms with E-state index in [-0.39, 0.29) is 5.91 Å². The molecule has 0 spiro atoms. The average molecular weight is 198 g/mol. The van der Waals surface area contributed by atoms with Crippen molar-refractivity contribution in [1.29, 1.82) is 0 Å². The zero-order valence-corrected chi connectivity index (χ0v) is 8.51. The molecule has 1 amide bonds. The first-order valence-electron chi connectivity index (χ1n) is 4.19. The van der Waals surface area contributed by atoms with Gasteiger partial charge in [0.15, 0.2) is 0 Å². The minimum atomic E-state index is 0.105. The first-order chi connectivity index (χ1) is 6.24. The topological polar surface area (TPSA) is 46.3 Å². The van der Waals surface area contributed by atoms with E-state index in [1.807, 2.05) is 16.8 Å². The second-order valence-corrected chi connectivity index (χ2v) is 3.70. The van der Waals surface area contributed by atoms with Crippen LogP contribution in [0.15, 0.2) is 16.8 Å². The van der Waals surface area contributed by atoms with E-state index >= 15 is 0 Å². The average Bonchev–Trinajstić information content (AvgIpc) is 2.57. The molecule has 0 saturated heterocycles. The van der Waals surface area contributed by atoms with Crippen molar-refractivity contribution in [3.63, 3.8) is 0 Å². The van der Waals surface area contributed by atoms with Crippen LogP contribution >= 0.6 is 11.3 Å². The van der Waals surface area contributed by atoms with Gasteiger partial charge >= 0.3 is 0 Å². The molecule has 1 rings (SSSR count). The fraction of sp³-hybridized carbons (Fsp3) is 0.444. The van der Waals surface area contributed by atoms with E-state index in [4.69, 9.17) is 5.73 Å². The van der Waals surface area contributed by atoms with Gasteiger partial charge in [-0.05, 0) is 22.4 Å². The van der Waals surface area contributed by atoms with Crippen LogP contribution in [0.4, 0.5) is 0 Å². The Hall–Kier alpha value is -0.870. The predicted octanol–water partition coefficient (Wildman–Crippen LogP) is 1.06. The lowest BCUT2D eigenvalue weighted by Gasteiger charge is -2.15. The number of carbonyl (C=O) groups excluding carboxylic acids is 1. The second kappa shape index (κ2) is 4.99. The van der Waals surface area contributed by atoms with Crippen molar-refractivity contribution in [2.75, 3.05) is 13.6 Å². The number of hydrogen-bond donors (Lipinski definition) is 1. The van der Waals surface area contributed by atoms with Crippen molar-refractivity contribution in [2.45, 2.75) is 13.0 Å². The first-order valence-corrected chi connectivity index (χ1v) is 5.13. The molecule has 1 aromatic heterocycles. The molecule has 72 valence electrons. The van der Waals surface area contributed by atoms with Gasteiger partial charge in [0, 0.05) is 26.6 Å². The lowest BCUT2D eigenvalue weighted by atomic mass is 10.3. The Kier molecular flexibility index (Phi) is 3.92. The summed E-state index contributed by atoms with van der Waals surface area (Å²) in [5.41, 5.74) is 6.47. The molecule has 1 aromatic rings. The van der Waals surface area contributed by atoms with Crippen LogP contribution in [0.1, 0.15) is 12.0 Å². The maximum absolute atomic E-state index is 11.3. The summed E-state index contributed by atoms with van der Waals surface area (Å²) < 4.78 is 0. The van der Waals surface area contributed by atoms with E-state index < -0.39 is 0 Å². The number of hydrogen-bond acceptors (Lipinski definition) is 3. The van der Waals surface area contributed by atoms with Crippen LogP contribution in [-0.4, -0.2) is 24.4 Å². The van der Waals surface area contributed by atoms with E-state index in [1.54, 1.807) is 23.3 Å². The lowest BCUT2D eigenvalue weighted by molar-refractivity contribution is -0.130. The smallest absolute Gasteiger partial charge is 0.223 e. The van der Waals surface area contributed by atoms with E-state index in [0.29, 0.717) is 19.5 Å². The van der Waals surface area contributed by atoms with Crippen molar-refractivity contribution in [2.24, 2.45) is 5.73 Å². The molecular weight excluding hydrogens is 184 g/mol. The number of amides is 1. The minimum Gasteiger partial charge on any atom is -0.341 e. The van der Waals surface area contributed by atoms with Crippen LogP contribution in [0.25, 0.3) is 0 Å². The zero-order chi connectivity index (χ0) is 9.68. The van der Waals surface area contributed by atoms with Gasteiger partial charge in [-0.25, -0.2) is 0 Å². The van der Waals surface area contributed by atoms with E-state index in [9.17, 15) is 4.79 Å².